The molecule has 2 heterocycles. The van der Waals surface area contributed by atoms with Crippen LogP contribution in [-0.4, -0.2) is 9.97 Å². The summed E-state index contributed by atoms with van der Waals surface area (Å²) in [5.74, 6) is 0.213. The van der Waals surface area contributed by atoms with Gasteiger partial charge in [-0.3, -0.25) is 0 Å². The first kappa shape index (κ1) is 12.7. The first-order valence-corrected chi connectivity index (χ1v) is 6.91. The van der Waals surface area contributed by atoms with Gasteiger partial charge in [-0.1, -0.05) is 0 Å². The van der Waals surface area contributed by atoms with Crippen molar-refractivity contribution >= 4 is 17.2 Å². The Hall–Kier alpha value is -2.27. The van der Waals surface area contributed by atoms with E-state index in [1.807, 2.05) is 19.1 Å². The molecule has 0 aliphatic carbocycles. The quantitative estimate of drug-likeness (QED) is 0.777. The van der Waals surface area contributed by atoms with Gasteiger partial charge in [0, 0.05) is 16.6 Å². The van der Waals surface area contributed by atoms with Crippen molar-refractivity contribution in [2.75, 3.05) is 5.73 Å². The highest BCUT2D eigenvalue weighted by molar-refractivity contribution is 7.15. The molecular formula is C15H12FN3S. The number of rotatable bonds is 2. The van der Waals surface area contributed by atoms with Gasteiger partial charge >= 0.3 is 0 Å². The molecular weight excluding hydrogens is 273 g/mol. The predicted octanol–water partition coefficient (Wildman–Crippen LogP) is 3.90. The zero-order chi connectivity index (χ0) is 14.1. The van der Waals surface area contributed by atoms with Crippen LogP contribution >= 0.6 is 11.3 Å². The van der Waals surface area contributed by atoms with Crippen LogP contribution in [0.15, 0.2) is 42.6 Å². The second kappa shape index (κ2) is 5.02. The lowest BCUT2D eigenvalue weighted by Gasteiger charge is -1.99. The van der Waals surface area contributed by atoms with E-state index >= 15 is 0 Å². The first-order chi connectivity index (χ1) is 9.65. The zero-order valence-electron chi connectivity index (χ0n) is 10.8. The van der Waals surface area contributed by atoms with E-state index < -0.39 is 0 Å². The van der Waals surface area contributed by atoms with Crippen LogP contribution in [0.4, 0.5) is 10.2 Å². The van der Waals surface area contributed by atoms with Crippen LogP contribution < -0.4 is 5.73 Å². The Bertz CT molecular complexity index is 750. The Balaban J connectivity index is 2.08. The molecule has 0 bridgehead atoms. The van der Waals surface area contributed by atoms with Crippen molar-refractivity contribution in [3.63, 3.8) is 0 Å². The van der Waals surface area contributed by atoms with Gasteiger partial charge in [0.05, 0.1) is 11.3 Å². The number of hydrogen-bond donors (Lipinski definition) is 1. The number of thiazole rings is 1. The van der Waals surface area contributed by atoms with Crippen LogP contribution in [0.5, 0.6) is 0 Å². The number of nitrogens with zero attached hydrogens (tertiary/aromatic N) is 2. The summed E-state index contributed by atoms with van der Waals surface area (Å²) in [6.45, 7) is 1.99. The number of anilines is 1. The van der Waals surface area contributed by atoms with Crippen LogP contribution in [0.2, 0.25) is 0 Å². The minimum atomic E-state index is -0.252. The molecule has 0 saturated carbocycles. The van der Waals surface area contributed by atoms with Gasteiger partial charge in [-0.15, -0.1) is 11.3 Å². The molecule has 0 radical (unpaired) electrons. The molecule has 0 unspecified atom stereocenters. The third-order valence-corrected chi connectivity index (χ3v) is 3.99. The van der Waals surface area contributed by atoms with Crippen LogP contribution in [0.3, 0.4) is 0 Å². The largest absolute Gasteiger partial charge is 0.383 e. The molecule has 1 aromatic carbocycles. The van der Waals surface area contributed by atoms with Crippen molar-refractivity contribution in [2.45, 2.75) is 6.92 Å². The van der Waals surface area contributed by atoms with Crippen molar-refractivity contribution in [3.8, 4) is 21.8 Å². The highest BCUT2D eigenvalue weighted by Gasteiger charge is 2.13. The van der Waals surface area contributed by atoms with E-state index in [1.54, 1.807) is 29.7 Å². The molecule has 2 N–H and O–H groups in total. The maximum absolute atomic E-state index is 13.0. The molecule has 5 heteroatoms. The minimum Gasteiger partial charge on any atom is -0.383 e. The summed E-state index contributed by atoms with van der Waals surface area (Å²) in [5.41, 5.74) is 8.46. The molecule has 3 nitrogen and oxygen atoms in total. The average molecular weight is 285 g/mol. The topological polar surface area (TPSA) is 51.8 Å². The standard InChI is InChI=1S/C15H12FN3S/c1-9-13(10-4-6-11(16)7-5-10)19-15(20-9)12-3-2-8-18-14(12)17/h2-8H,1H3,(H2,17,18). The molecule has 20 heavy (non-hydrogen) atoms. The Morgan fingerprint density at radius 1 is 1.15 bits per heavy atom. The number of halogens is 1. The number of aromatic nitrogens is 2. The fourth-order valence-corrected chi connectivity index (χ4v) is 2.96. The van der Waals surface area contributed by atoms with Crippen molar-refractivity contribution in [2.24, 2.45) is 0 Å². The summed E-state index contributed by atoms with van der Waals surface area (Å²) in [6, 6.07) is 10.1. The number of pyridine rings is 1. The molecule has 100 valence electrons. The van der Waals surface area contributed by atoms with Gasteiger partial charge in [-0.05, 0) is 43.3 Å². The van der Waals surface area contributed by atoms with Crippen LogP contribution in [-0.2, 0) is 0 Å². The normalized spacial score (nSPS) is 10.7. The molecule has 2 aromatic heterocycles. The Morgan fingerprint density at radius 3 is 2.60 bits per heavy atom. The lowest BCUT2D eigenvalue weighted by Crippen LogP contribution is -1.92. The SMILES string of the molecule is Cc1sc(-c2cccnc2N)nc1-c1ccc(F)cc1. The van der Waals surface area contributed by atoms with Crippen molar-refractivity contribution in [1.82, 2.24) is 9.97 Å². The molecule has 0 aliphatic heterocycles. The Morgan fingerprint density at radius 2 is 1.90 bits per heavy atom. The van der Waals surface area contributed by atoms with Crippen molar-refractivity contribution < 1.29 is 4.39 Å². The molecule has 3 rings (SSSR count). The predicted molar refractivity (Wildman–Crippen MR) is 79.9 cm³/mol. The van der Waals surface area contributed by atoms with Gasteiger partial charge in [0.1, 0.15) is 16.6 Å². The lowest BCUT2D eigenvalue weighted by atomic mass is 10.1. The molecule has 0 spiro atoms. The lowest BCUT2D eigenvalue weighted by molar-refractivity contribution is 0.628. The highest BCUT2D eigenvalue weighted by atomic mass is 32.1. The number of hydrogen-bond acceptors (Lipinski definition) is 4. The van der Waals surface area contributed by atoms with Gasteiger partial charge in [0.2, 0.25) is 0 Å². The second-order valence-electron chi connectivity index (χ2n) is 4.37. The van der Waals surface area contributed by atoms with E-state index in [9.17, 15) is 4.39 Å². The number of nitrogens with two attached hydrogens (primary N) is 1. The molecule has 0 aliphatic rings. The summed E-state index contributed by atoms with van der Waals surface area (Å²) in [7, 11) is 0. The van der Waals surface area contributed by atoms with Crippen LogP contribution in [0.1, 0.15) is 4.88 Å². The smallest absolute Gasteiger partial charge is 0.133 e. The van der Waals surface area contributed by atoms with E-state index in [0.717, 1.165) is 26.7 Å². The van der Waals surface area contributed by atoms with E-state index in [2.05, 4.69) is 9.97 Å². The molecule has 0 atom stereocenters. The fraction of sp³-hybridized carbons (Fsp3) is 0.0667. The minimum absolute atomic E-state index is 0.252. The van der Waals surface area contributed by atoms with E-state index in [0.29, 0.717) is 5.82 Å². The number of aryl methyl sites for hydroxylation is 1. The van der Waals surface area contributed by atoms with Gasteiger partial charge in [-0.25, -0.2) is 14.4 Å². The number of nitrogen functional groups attached to an aromatic ring is 1. The van der Waals surface area contributed by atoms with Crippen molar-refractivity contribution in [1.29, 1.82) is 0 Å². The summed E-state index contributed by atoms with van der Waals surface area (Å²) < 4.78 is 13.0. The molecule has 0 saturated heterocycles. The van der Waals surface area contributed by atoms with E-state index in [1.165, 1.54) is 12.1 Å². The Labute approximate surface area is 119 Å². The second-order valence-corrected chi connectivity index (χ2v) is 5.57. The van der Waals surface area contributed by atoms with E-state index in [-0.39, 0.29) is 5.82 Å². The highest BCUT2D eigenvalue weighted by Crippen LogP contribution is 2.34. The van der Waals surface area contributed by atoms with Gasteiger partial charge in [0.25, 0.3) is 0 Å². The molecule has 3 aromatic rings. The van der Waals surface area contributed by atoms with Gasteiger partial charge < -0.3 is 5.73 Å². The maximum Gasteiger partial charge on any atom is 0.133 e. The molecule has 0 amide bonds. The summed E-state index contributed by atoms with van der Waals surface area (Å²) in [4.78, 5) is 9.76. The van der Waals surface area contributed by atoms with Gasteiger partial charge in [-0.2, -0.15) is 0 Å². The third-order valence-electron chi connectivity index (χ3n) is 2.98. The van der Waals surface area contributed by atoms with Gasteiger partial charge in [0.15, 0.2) is 0 Å². The summed E-state index contributed by atoms with van der Waals surface area (Å²) >= 11 is 1.56. The summed E-state index contributed by atoms with van der Waals surface area (Å²) in [6.07, 6.45) is 1.65. The van der Waals surface area contributed by atoms with Crippen LogP contribution in [0.25, 0.3) is 21.8 Å². The monoisotopic (exact) mass is 285 g/mol. The number of benzene rings is 1. The summed E-state index contributed by atoms with van der Waals surface area (Å²) in [5, 5.41) is 0.826. The first-order valence-electron chi connectivity index (χ1n) is 6.09. The third kappa shape index (κ3) is 2.28. The fourth-order valence-electron chi connectivity index (χ4n) is 1.99. The Kier molecular flexibility index (Phi) is 3.20. The zero-order valence-corrected chi connectivity index (χ0v) is 11.6. The maximum atomic E-state index is 13.0. The van der Waals surface area contributed by atoms with Crippen molar-refractivity contribution in [3.05, 3.63) is 53.3 Å². The molecule has 0 fully saturated rings. The van der Waals surface area contributed by atoms with Crippen LogP contribution in [0, 0.1) is 12.7 Å². The van der Waals surface area contributed by atoms with E-state index in [4.69, 9.17) is 5.73 Å². The average Bonchev–Trinajstić information content (AvgIpc) is 2.82.